The molecule has 2 N–H and O–H groups in total. The van der Waals surface area contributed by atoms with E-state index in [0.717, 1.165) is 34.2 Å². The first kappa shape index (κ1) is 16.2. The summed E-state index contributed by atoms with van der Waals surface area (Å²) < 4.78 is 0. The van der Waals surface area contributed by atoms with E-state index in [2.05, 4.69) is 25.6 Å². The zero-order valence-electron chi connectivity index (χ0n) is 13.3. The van der Waals surface area contributed by atoms with E-state index in [1.165, 1.54) is 0 Å². The lowest BCUT2D eigenvalue weighted by Gasteiger charge is -2.11. The third-order valence-corrected chi connectivity index (χ3v) is 3.68. The molecule has 0 amide bonds. The molecule has 0 aliphatic carbocycles. The summed E-state index contributed by atoms with van der Waals surface area (Å²) >= 11 is 5.92. The van der Waals surface area contributed by atoms with E-state index in [0.29, 0.717) is 12.5 Å². The minimum absolute atomic E-state index is 0.602. The van der Waals surface area contributed by atoms with Crippen molar-refractivity contribution in [2.45, 2.75) is 13.5 Å². The van der Waals surface area contributed by atoms with Crippen LogP contribution in [0.2, 0.25) is 5.02 Å². The van der Waals surface area contributed by atoms with Crippen molar-refractivity contribution in [2.24, 2.45) is 0 Å². The van der Waals surface area contributed by atoms with Crippen molar-refractivity contribution in [3.63, 3.8) is 0 Å². The van der Waals surface area contributed by atoms with Gasteiger partial charge >= 0.3 is 0 Å². The number of nitrogens with zero attached hydrogens (tertiary/aromatic N) is 3. The third-order valence-electron chi connectivity index (χ3n) is 3.42. The van der Waals surface area contributed by atoms with Gasteiger partial charge in [-0.1, -0.05) is 23.7 Å². The second-order valence-electron chi connectivity index (χ2n) is 5.21. The van der Waals surface area contributed by atoms with Crippen LogP contribution in [0.25, 0.3) is 11.3 Å². The summed E-state index contributed by atoms with van der Waals surface area (Å²) in [6.07, 6.45) is 3.51. The molecule has 0 fully saturated rings. The Morgan fingerprint density at radius 1 is 0.958 bits per heavy atom. The van der Waals surface area contributed by atoms with Crippen molar-refractivity contribution in [1.29, 1.82) is 0 Å². The monoisotopic (exact) mass is 339 g/mol. The first-order valence-electron chi connectivity index (χ1n) is 7.76. The van der Waals surface area contributed by atoms with Crippen LogP contribution in [0.1, 0.15) is 12.5 Å². The van der Waals surface area contributed by atoms with Crippen molar-refractivity contribution in [3.05, 3.63) is 65.4 Å². The van der Waals surface area contributed by atoms with Gasteiger partial charge in [0.2, 0.25) is 5.95 Å². The number of halogens is 1. The molecule has 0 unspecified atom stereocenters. The van der Waals surface area contributed by atoms with E-state index in [1.54, 1.807) is 12.4 Å². The summed E-state index contributed by atoms with van der Waals surface area (Å²) in [5, 5.41) is 7.24. The molecule has 0 saturated carbocycles. The predicted octanol–water partition coefficient (Wildman–Crippen LogP) is 4.24. The molecule has 0 radical (unpaired) electrons. The van der Waals surface area contributed by atoms with Gasteiger partial charge in [0.15, 0.2) is 0 Å². The van der Waals surface area contributed by atoms with E-state index in [-0.39, 0.29) is 0 Å². The van der Waals surface area contributed by atoms with Gasteiger partial charge in [0, 0.05) is 42.1 Å². The molecule has 24 heavy (non-hydrogen) atoms. The number of rotatable bonds is 6. The van der Waals surface area contributed by atoms with Gasteiger partial charge in [-0.25, -0.2) is 4.98 Å². The number of aromatic nitrogens is 3. The van der Waals surface area contributed by atoms with Crippen LogP contribution in [-0.2, 0) is 6.54 Å². The van der Waals surface area contributed by atoms with Crippen LogP contribution in [0.5, 0.6) is 0 Å². The average Bonchev–Trinajstić information content (AvgIpc) is 2.62. The molecule has 2 aromatic heterocycles. The highest BCUT2D eigenvalue weighted by Gasteiger charge is 2.06. The third kappa shape index (κ3) is 4.20. The summed E-state index contributed by atoms with van der Waals surface area (Å²) in [5.41, 5.74) is 2.98. The van der Waals surface area contributed by atoms with Gasteiger partial charge in [0.1, 0.15) is 5.82 Å². The Labute approximate surface area is 146 Å². The van der Waals surface area contributed by atoms with Gasteiger partial charge in [-0.2, -0.15) is 4.98 Å². The normalized spacial score (nSPS) is 10.4. The van der Waals surface area contributed by atoms with Gasteiger partial charge in [-0.3, -0.25) is 4.98 Å². The minimum atomic E-state index is 0.602. The van der Waals surface area contributed by atoms with E-state index >= 15 is 0 Å². The largest absolute Gasteiger partial charge is 0.366 e. The molecule has 0 spiro atoms. The van der Waals surface area contributed by atoms with Crippen LogP contribution < -0.4 is 10.6 Å². The molecule has 0 saturated heterocycles. The van der Waals surface area contributed by atoms with E-state index in [9.17, 15) is 0 Å². The maximum absolute atomic E-state index is 5.92. The number of pyridine rings is 1. The van der Waals surface area contributed by atoms with Crippen molar-refractivity contribution in [1.82, 2.24) is 15.0 Å². The molecule has 2 heterocycles. The highest BCUT2D eigenvalue weighted by Crippen LogP contribution is 2.21. The standard InChI is InChI=1S/C18H18ClN5/c1-2-21-18-23-16(14-7-9-20-10-8-14)11-17(24-18)22-12-13-3-5-15(19)6-4-13/h3-11H,2,12H2,1H3,(H2,21,22,23,24). The molecule has 3 aromatic rings. The first-order valence-corrected chi connectivity index (χ1v) is 8.14. The molecule has 3 rings (SSSR count). The maximum Gasteiger partial charge on any atom is 0.225 e. The van der Waals surface area contributed by atoms with Gasteiger partial charge in [0.05, 0.1) is 5.69 Å². The van der Waals surface area contributed by atoms with Gasteiger partial charge in [-0.05, 0) is 36.8 Å². The molecule has 0 bridgehead atoms. The van der Waals surface area contributed by atoms with Crippen LogP contribution in [0.15, 0.2) is 54.9 Å². The smallest absolute Gasteiger partial charge is 0.225 e. The van der Waals surface area contributed by atoms with Crippen molar-refractivity contribution >= 4 is 23.4 Å². The molecule has 5 nitrogen and oxygen atoms in total. The first-order chi connectivity index (χ1) is 11.7. The number of hydrogen-bond acceptors (Lipinski definition) is 5. The van der Waals surface area contributed by atoms with E-state index in [1.807, 2.05) is 49.4 Å². The second-order valence-corrected chi connectivity index (χ2v) is 5.64. The second kappa shape index (κ2) is 7.75. The van der Waals surface area contributed by atoms with Crippen molar-refractivity contribution < 1.29 is 0 Å². The SMILES string of the molecule is CCNc1nc(NCc2ccc(Cl)cc2)cc(-c2ccncc2)n1. The molecule has 0 aliphatic heterocycles. The summed E-state index contributed by atoms with van der Waals surface area (Å²) in [7, 11) is 0. The summed E-state index contributed by atoms with van der Waals surface area (Å²) in [6.45, 7) is 3.44. The lowest BCUT2D eigenvalue weighted by atomic mass is 10.2. The Bertz CT molecular complexity index is 790. The maximum atomic E-state index is 5.92. The minimum Gasteiger partial charge on any atom is -0.366 e. The molecule has 0 atom stereocenters. The molecule has 122 valence electrons. The molecule has 6 heteroatoms. The van der Waals surface area contributed by atoms with Crippen LogP contribution in [0.3, 0.4) is 0 Å². The van der Waals surface area contributed by atoms with Crippen molar-refractivity contribution in [3.8, 4) is 11.3 Å². The Hall–Kier alpha value is -2.66. The molecule has 1 aromatic carbocycles. The lowest BCUT2D eigenvalue weighted by molar-refractivity contribution is 1.05. The zero-order chi connectivity index (χ0) is 16.8. The molecular weight excluding hydrogens is 322 g/mol. The van der Waals surface area contributed by atoms with Crippen molar-refractivity contribution in [2.75, 3.05) is 17.2 Å². The van der Waals surface area contributed by atoms with Gasteiger partial charge in [0.25, 0.3) is 0 Å². The molecular formula is C18H18ClN5. The summed E-state index contributed by atoms with van der Waals surface area (Å²) in [6, 6.07) is 13.5. The topological polar surface area (TPSA) is 62.7 Å². The number of benzene rings is 1. The van der Waals surface area contributed by atoms with Crippen LogP contribution in [0.4, 0.5) is 11.8 Å². The fourth-order valence-corrected chi connectivity index (χ4v) is 2.37. The highest BCUT2D eigenvalue weighted by molar-refractivity contribution is 6.30. The quantitative estimate of drug-likeness (QED) is 0.703. The summed E-state index contributed by atoms with van der Waals surface area (Å²) in [4.78, 5) is 13.1. The highest BCUT2D eigenvalue weighted by atomic mass is 35.5. The fourth-order valence-electron chi connectivity index (χ4n) is 2.24. The van der Waals surface area contributed by atoms with Crippen LogP contribution in [-0.4, -0.2) is 21.5 Å². The fraction of sp³-hybridized carbons (Fsp3) is 0.167. The van der Waals surface area contributed by atoms with E-state index in [4.69, 9.17) is 11.6 Å². The zero-order valence-corrected chi connectivity index (χ0v) is 14.1. The number of anilines is 2. The Balaban J connectivity index is 1.83. The Kier molecular flexibility index (Phi) is 5.23. The van der Waals surface area contributed by atoms with Gasteiger partial charge in [-0.15, -0.1) is 0 Å². The molecule has 0 aliphatic rings. The Morgan fingerprint density at radius 3 is 2.42 bits per heavy atom. The Morgan fingerprint density at radius 2 is 1.71 bits per heavy atom. The van der Waals surface area contributed by atoms with Crippen LogP contribution >= 0.6 is 11.6 Å². The number of nitrogens with one attached hydrogen (secondary N) is 2. The predicted molar refractivity (Wildman–Crippen MR) is 98.2 cm³/mol. The van der Waals surface area contributed by atoms with Crippen LogP contribution in [0, 0.1) is 0 Å². The van der Waals surface area contributed by atoms with E-state index < -0.39 is 0 Å². The average molecular weight is 340 g/mol. The lowest BCUT2D eigenvalue weighted by Crippen LogP contribution is -2.07. The summed E-state index contributed by atoms with van der Waals surface area (Å²) in [5.74, 6) is 1.37. The van der Waals surface area contributed by atoms with Gasteiger partial charge < -0.3 is 10.6 Å². The number of hydrogen-bond donors (Lipinski definition) is 2.